The number of rotatable bonds is 6. The molecule has 19 heavy (non-hydrogen) atoms. The second-order valence-electron chi connectivity index (χ2n) is 4.37. The molecule has 0 spiro atoms. The Kier molecular flexibility index (Phi) is 5.82. The maximum atomic E-state index is 12.7. The number of carbonyl (C=O) groups is 2. The molecule has 104 valence electrons. The van der Waals surface area contributed by atoms with Gasteiger partial charge in [0.1, 0.15) is 11.9 Å². The Hall–Kier alpha value is -1.56. The van der Waals surface area contributed by atoms with Crippen molar-refractivity contribution in [3.05, 3.63) is 30.1 Å². The summed E-state index contributed by atoms with van der Waals surface area (Å²) in [5.74, 6) is -1.82. The van der Waals surface area contributed by atoms with E-state index in [1.165, 1.54) is 23.9 Å². The lowest BCUT2D eigenvalue weighted by atomic mass is 10.1. The molecular weight excluding hydrogens is 269 g/mol. The van der Waals surface area contributed by atoms with Crippen LogP contribution in [0.4, 0.5) is 4.39 Å². The average molecular weight is 285 g/mol. The predicted octanol–water partition coefficient (Wildman–Crippen LogP) is 2.14. The SMILES string of the molecule is CC(C)[C@@H](NC(=O)CSc1ccc(F)cc1)C(=O)O. The number of amides is 1. The van der Waals surface area contributed by atoms with Crippen LogP contribution in [0.2, 0.25) is 0 Å². The van der Waals surface area contributed by atoms with Crippen LogP contribution < -0.4 is 5.32 Å². The quantitative estimate of drug-likeness (QED) is 0.786. The van der Waals surface area contributed by atoms with Gasteiger partial charge in [-0.1, -0.05) is 13.8 Å². The molecule has 0 bridgehead atoms. The maximum Gasteiger partial charge on any atom is 0.326 e. The highest BCUT2D eigenvalue weighted by molar-refractivity contribution is 8.00. The third kappa shape index (κ3) is 5.30. The van der Waals surface area contributed by atoms with Crippen LogP contribution in [0.25, 0.3) is 0 Å². The second kappa shape index (κ2) is 7.13. The van der Waals surface area contributed by atoms with E-state index in [-0.39, 0.29) is 23.4 Å². The van der Waals surface area contributed by atoms with E-state index in [0.29, 0.717) is 0 Å². The predicted molar refractivity (Wildman–Crippen MR) is 71.5 cm³/mol. The lowest BCUT2D eigenvalue weighted by Gasteiger charge is -2.17. The van der Waals surface area contributed by atoms with E-state index in [2.05, 4.69) is 5.32 Å². The summed E-state index contributed by atoms with van der Waals surface area (Å²) in [6, 6.07) is 4.89. The van der Waals surface area contributed by atoms with Gasteiger partial charge in [0.2, 0.25) is 5.91 Å². The summed E-state index contributed by atoms with van der Waals surface area (Å²) in [5.41, 5.74) is 0. The molecule has 0 unspecified atom stereocenters. The van der Waals surface area contributed by atoms with E-state index in [4.69, 9.17) is 5.11 Å². The lowest BCUT2D eigenvalue weighted by Crippen LogP contribution is -2.45. The number of benzene rings is 1. The van der Waals surface area contributed by atoms with Crippen LogP contribution in [0.5, 0.6) is 0 Å². The van der Waals surface area contributed by atoms with E-state index >= 15 is 0 Å². The molecule has 1 amide bonds. The molecule has 1 aromatic rings. The Morgan fingerprint density at radius 1 is 1.32 bits per heavy atom. The number of aliphatic carboxylic acids is 1. The number of halogens is 1. The molecule has 4 nitrogen and oxygen atoms in total. The minimum atomic E-state index is -1.05. The zero-order valence-corrected chi connectivity index (χ0v) is 11.5. The van der Waals surface area contributed by atoms with Gasteiger partial charge in [-0.25, -0.2) is 9.18 Å². The largest absolute Gasteiger partial charge is 0.480 e. The van der Waals surface area contributed by atoms with Gasteiger partial charge in [0.25, 0.3) is 0 Å². The molecular formula is C13H16FNO3S. The number of hydrogen-bond acceptors (Lipinski definition) is 3. The van der Waals surface area contributed by atoms with E-state index in [9.17, 15) is 14.0 Å². The first-order chi connectivity index (χ1) is 8.90. The summed E-state index contributed by atoms with van der Waals surface area (Å²) in [6.45, 7) is 3.46. The lowest BCUT2D eigenvalue weighted by molar-refractivity contribution is -0.142. The molecule has 0 saturated carbocycles. The van der Waals surface area contributed by atoms with Gasteiger partial charge in [0, 0.05) is 4.90 Å². The zero-order chi connectivity index (χ0) is 14.4. The zero-order valence-electron chi connectivity index (χ0n) is 10.7. The van der Waals surface area contributed by atoms with Crippen LogP contribution in [0.3, 0.4) is 0 Å². The Labute approximate surface area is 115 Å². The number of thioether (sulfide) groups is 1. The molecule has 2 N–H and O–H groups in total. The molecule has 1 atom stereocenters. The van der Waals surface area contributed by atoms with Crippen molar-refractivity contribution < 1.29 is 19.1 Å². The fraction of sp³-hybridized carbons (Fsp3) is 0.385. The third-order valence-electron chi connectivity index (χ3n) is 2.43. The van der Waals surface area contributed by atoms with Crippen molar-refractivity contribution in [2.24, 2.45) is 5.92 Å². The minimum absolute atomic E-state index is 0.0993. The van der Waals surface area contributed by atoms with Crippen molar-refractivity contribution in [2.45, 2.75) is 24.8 Å². The van der Waals surface area contributed by atoms with Gasteiger partial charge in [0.05, 0.1) is 5.75 Å². The molecule has 0 fully saturated rings. The standard InChI is InChI=1S/C13H16FNO3S/c1-8(2)12(13(17)18)15-11(16)7-19-10-5-3-9(14)4-6-10/h3-6,8,12H,7H2,1-2H3,(H,15,16)(H,17,18)/t12-/m1/s1. The van der Waals surface area contributed by atoms with E-state index in [1.807, 2.05) is 0 Å². The van der Waals surface area contributed by atoms with Crippen LogP contribution in [0.15, 0.2) is 29.2 Å². The first-order valence-corrected chi connectivity index (χ1v) is 6.79. The molecule has 1 rings (SSSR count). The molecule has 0 aliphatic heterocycles. The molecule has 0 aromatic heterocycles. The van der Waals surface area contributed by atoms with Gasteiger partial charge in [-0.3, -0.25) is 4.79 Å². The summed E-state index contributed by atoms with van der Waals surface area (Å²) < 4.78 is 12.7. The Morgan fingerprint density at radius 3 is 2.37 bits per heavy atom. The average Bonchev–Trinajstić information content (AvgIpc) is 2.34. The van der Waals surface area contributed by atoms with Crippen molar-refractivity contribution in [3.8, 4) is 0 Å². The van der Waals surface area contributed by atoms with Crippen molar-refractivity contribution >= 4 is 23.6 Å². The van der Waals surface area contributed by atoms with Gasteiger partial charge in [0.15, 0.2) is 0 Å². The molecule has 6 heteroatoms. The monoisotopic (exact) mass is 285 g/mol. The van der Waals surface area contributed by atoms with Gasteiger partial charge >= 0.3 is 5.97 Å². The van der Waals surface area contributed by atoms with Crippen LogP contribution in [0.1, 0.15) is 13.8 Å². The third-order valence-corrected chi connectivity index (χ3v) is 3.44. The topological polar surface area (TPSA) is 66.4 Å². The summed E-state index contributed by atoms with van der Waals surface area (Å²) in [6.07, 6.45) is 0. The minimum Gasteiger partial charge on any atom is -0.480 e. The highest BCUT2D eigenvalue weighted by atomic mass is 32.2. The smallest absolute Gasteiger partial charge is 0.326 e. The van der Waals surface area contributed by atoms with Gasteiger partial charge in [-0.15, -0.1) is 11.8 Å². The molecule has 0 aliphatic carbocycles. The number of carboxylic acid groups (broad SMARTS) is 1. The number of hydrogen-bond donors (Lipinski definition) is 2. The number of nitrogens with one attached hydrogen (secondary N) is 1. The number of carboxylic acids is 1. The fourth-order valence-corrected chi connectivity index (χ4v) is 2.12. The van der Waals surface area contributed by atoms with Gasteiger partial charge in [-0.2, -0.15) is 0 Å². The first kappa shape index (κ1) is 15.5. The summed E-state index contributed by atoms with van der Waals surface area (Å²) in [4.78, 5) is 23.3. The second-order valence-corrected chi connectivity index (χ2v) is 5.42. The fourth-order valence-electron chi connectivity index (χ4n) is 1.41. The van der Waals surface area contributed by atoms with Crippen LogP contribution in [-0.2, 0) is 9.59 Å². The van der Waals surface area contributed by atoms with Crippen molar-refractivity contribution in [1.29, 1.82) is 0 Å². The number of carbonyl (C=O) groups excluding carboxylic acids is 1. The summed E-state index contributed by atoms with van der Waals surface area (Å²) in [5, 5.41) is 11.4. The van der Waals surface area contributed by atoms with Crippen molar-refractivity contribution in [3.63, 3.8) is 0 Å². The van der Waals surface area contributed by atoms with Gasteiger partial charge < -0.3 is 10.4 Å². The Morgan fingerprint density at radius 2 is 1.89 bits per heavy atom. The highest BCUT2D eigenvalue weighted by Gasteiger charge is 2.23. The first-order valence-electron chi connectivity index (χ1n) is 5.80. The summed E-state index contributed by atoms with van der Waals surface area (Å²) >= 11 is 1.23. The Bertz CT molecular complexity index is 448. The van der Waals surface area contributed by atoms with Gasteiger partial charge in [-0.05, 0) is 30.2 Å². The normalized spacial score (nSPS) is 12.2. The molecule has 0 saturated heterocycles. The van der Waals surface area contributed by atoms with E-state index in [1.54, 1.807) is 26.0 Å². The molecule has 0 aliphatic rings. The van der Waals surface area contributed by atoms with Crippen molar-refractivity contribution in [2.75, 3.05) is 5.75 Å². The van der Waals surface area contributed by atoms with Crippen LogP contribution >= 0.6 is 11.8 Å². The molecule has 0 heterocycles. The molecule has 0 radical (unpaired) electrons. The Balaban J connectivity index is 2.47. The maximum absolute atomic E-state index is 12.7. The van der Waals surface area contributed by atoms with E-state index < -0.39 is 12.0 Å². The van der Waals surface area contributed by atoms with Crippen LogP contribution in [-0.4, -0.2) is 28.8 Å². The van der Waals surface area contributed by atoms with Crippen LogP contribution in [0, 0.1) is 11.7 Å². The summed E-state index contributed by atoms with van der Waals surface area (Å²) in [7, 11) is 0. The highest BCUT2D eigenvalue weighted by Crippen LogP contribution is 2.17. The molecule has 1 aromatic carbocycles. The van der Waals surface area contributed by atoms with Crippen molar-refractivity contribution in [1.82, 2.24) is 5.32 Å². The van der Waals surface area contributed by atoms with E-state index in [0.717, 1.165) is 4.90 Å².